The van der Waals surface area contributed by atoms with Gasteiger partial charge in [0, 0.05) is 31.1 Å². The van der Waals surface area contributed by atoms with E-state index in [1.807, 2.05) is 106 Å². The molecule has 12 heteroatoms. The average Bonchev–Trinajstić information content (AvgIpc) is 3.55. The van der Waals surface area contributed by atoms with Crippen LogP contribution in [0, 0.1) is 18.8 Å². The molecule has 3 aliphatic rings. The maximum Gasteiger partial charge on any atom is 0.265 e. The van der Waals surface area contributed by atoms with Gasteiger partial charge in [-0.15, -0.1) is 0 Å². The second-order valence-corrected chi connectivity index (χ2v) is 21.8. The molecule has 3 aliphatic carbocycles. The zero-order valence-corrected chi connectivity index (χ0v) is 34.5. The van der Waals surface area contributed by atoms with Crippen LogP contribution in [0.2, 0.25) is 18.1 Å². The first-order valence-electron chi connectivity index (χ1n) is 18.9. The Kier molecular flexibility index (Phi) is 9.84. The van der Waals surface area contributed by atoms with Crippen molar-refractivity contribution in [3.63, 3.8) is 0 Å². The van der Waals surface area contributed by atoms with Crippen molar-refractivity contribution in [3.8, 4) is 11.6 Å². The first-order chi connectivity index (χ1) is 26.0. The number of carbonyl (C=O) groups is 2. The summed E-state index contributed by atoms with van der Waals surface area (Å²) < 4.78 is 26.0. The van der Waals surface area contributed by atoms with E-state index in [0.717, 1.165) is 16.7 Å². The molecule has 0 spiro atoms. The number of aromatic nitrogens is 2. The summed E-state index contributed by atoms with van der Waals surface area (Å²) in [6, 6.07) is 18.8. The number of ether oxygens (including phenoxy) is 2. The highest BCUT2D eigenvalue weighted by Gasteiger charge is 2.67. The van der Waals surface area contributed by atoms with E-state index in [4.69, 9.17) is 23.4 Å². The van der Waals surface area contributed by atoms with Crippen LogP contribution in [-0.4, -0.2) is 73.8 Å². The number of hydrogen-bond acceptors (Lipinski definition) is 11. The van der Waals surface area contributed by atoms with Crippen molar-refractivity contribution in [1.82, 2.24) is 15.0 Å². The van der Waals surface area contributed by atoms with Gasteiger partial charge in [0.25, 0.3) is 5.88 Å². The minimum Gasteiger partial charge on any atom is -0.508 e. The molecule has 0 fully saturated rings. The lowest BCUT2D eigenvalue weighted by Crippen LogP contribution is -2.65. The fraction of sp³-hybridized carbons (Fsp3) is 0.442. The van der Waals surface area contributed by atoms with Gasteiger partial charge >= 0.3 is 0 Å². The summed E-state index contributed by atoms with van der Waals surface area (Å²) in [5, 5.41) is 17.0. The maximum atomic E-state index is 15.6. The first-order valence-corrected chi connectivity index (χ1v) is 21.8. The molecule has 2 heterocycles. The standard InChI is InChI=1S/C43H52N4O7Si/c1-25-36(51-23-26-17-13-11-14-18-26)32-29(40(44-25)47(7)8)21-28-22-30-34(46(5)6)37-33(41(45-53-37)52-24-27-19-15-12-16-20-27)39(50)43(30,38(49)31(28)35(32)48)54-55(9,10)42(2,3)4/h11-20,28,30,34,49H,21-24H2,1-10H3/t28-,30-,34-,43-/m0/s1. The number of Topliss-reactive ketones (excluding diaryl/α,β-unsaturated/α-hetero) is 2. The summed E-state index contributed by atoms with van der Waals surface area (Å²) in [6.45, 7) is 12.6. The van der Waals surface area contributed by atoms with Crippen LogP contribution in [0.25, 0.3) is 0 Å². The Hall–Kier alpha value is -4.78. The number of aliphatic hydroxyl groups is 1. The molecule has 290 valence electrons. The van der Waals surface area contributed by atoms with Crippen LogP contribution in [-0.2, 0) is 24.1 Å². The van der Waals surface area contributed by atoms with E-state index in [0.29, 0.717) is 41.4 Å². The molecule has 4 aromatic rings. The summed E-state index contributed by atoms with van der Waals surface area (Å²) in [5.74, 6) is -0.895. The van der Waals surface area contributed by atoms with Crippen molar-refractivity contribution in [2.24, 2.45) is 11.8 Å². The predicted molar refractivity (Wildman–Crippen MR) is 212 cm³/mol. The van der Waals surface area contributed by atoms with Gasteiger partial charge in [0.2, 0.25) is 5.78 Å². The second kappa shape index (κ2) is 14.1. The number of benzene rings is 2. The fourth-order valence-electron chi connectivity index (χ4n) is 8.27. The van der Waals surface area contributed by atoms with Crippen LogP contribution >= 0.6 is 0 Å². The highest BCUT2D eigenvalue weighted by molar-refractivity contribution is 6.74. The molecule has 4 atom stereocenters. The molecule has 0 saturated heterocycles. The average molecular weight is 765 g/mol. The monoisotopic (exact) mass is 764 g/mol. The molecule has 0 radical (unpaired) electrons. The smallest absolute Gasteiger partial charge is 0.265 e. The Morgan fingerprint density at radius 2 is 1.53 bits per heavy atom. The van der Waals surface area contributed by atoms with Crippen LogP contribution in [0.15, 0.2) is 76.5 Å². The molecule has 55 heavy (non-hydrogen) atoms. The third kappa shape index (κ3) is 6.37. The molecule has 2 aromatic carbocycles. The lowest BCUT2D eigenvalue weighted by atomic mass is 9.58. The molecule has 1 N–H and O–H groups in total. The van der Waals surface area contributed by atoms with Gasteiger partial charge in [-0.3, -0.25) is 14.5 Å². The normalized spacial score (nSPS) is 22.2. The van der Waals surface area contributed by atoms with E-state index in [9.17, 15) is 5.11 Å². The van der Waals surface area contributed by atoms with Gasteiger partial charge in [0.1, 0.15) is 30.4 Å². The third-order valence-electron chi connectivity index (χ3n) is 11.9. The molecule has 0 aliphatic heterocycles. The largest absolute Gasteiger partial charge is 0.508 e. The van der Waals surface area contributed by atoms with Crippen molar-refractivity contribution < 1.29 is 33.1 Å². The van der Waals surface area contributed by atoms with Crippen LogP contribution in [0.3, 0.4) is 0 Å². The van der Waals surface area contributed by atoms with Gasteiger partial charge in [-0.1, -0.05) is 81.4 Å². The van der Waals surface area contributed by atoms with Gasteiger partial charge in [-0.25, -0.2) is 4.98 Å². The number of rotatable bonds is 10. The molecule has 0 saturated carbocycles. The van der Waals surface area contributed by atoms with Crippen LogP contribution in [0.4, 0.5) is 5.82 Å². The number of pyridine rings is 1. The molecule has 7 rings (SSSR count). The minimum absolute atomic E-state index is 0.0292. The number of carbonyl (C=O) groups excluding carboxylic acids is 2. The lowest BCUT2D eigenvalue weighted by molar-refractivity contribution is -0.0480. The SMILES string of the molecule is Cc1nc(N(C)C)c2c(c1OCc1ccccc1)C(=O)C1=C(O)[C@]3(O[Si](C)(C)C(C)(C)C)C(=O)c4c(OCc5ccccc5)noc4[C@@H](N(C)C)[C@@H]3C[C@@H]1C2. The fourth-order valence-corrected chi connectivity index (χ4v) is 9.73. The van der Waals surface area contributed by atoms with Gasteiger partial charge in [0.05, 0.1) is 17.3 Å². The molecular weight excluding hydrogens is 713 g/mol. The predicted octanol–water partition coefficient (Wildman–Crippen LogP) is 8.05. The van der Waals surface area contributed by atoms with E-state index >= 15 is 9.59 Å². The Bertz CT molecular complexity index is 2160. The topological polar surface area (TPSA) is 127 Å². The number of aryl methyl sites for hydroxylation is 1. The minimum atomic E-state index is -2.87. The number of hydrogen-bond donors (Lipinski definition) is 1. The molecular formula is C43H52N4O7Si. The molecule has 0 unspecified atom stereocenters. The van der Waals surface area contributed by atoms with Crippen LogP contribution in [0.1, 0.15) is 82.1 Å². The van der Waals surface area contributed by atoms with E-state index in [1.54, 1.807) is 0 Å². The van der Waals surface area contributed by atoms with Crippen molar-refractivity contribution in [1.29, 1.82) is 0 Å². The number of ketones is 2. The van der Waals surface area contributed by atoms with Crippen molar-refractivity contribution in [2.75, 3.05) is 33.1 Å². The van der Waals surface area contributed by atoms with E-state index in [2.05, 4.69) is 39.0 Å². The summed E-state index contributed by atoms with van der Waals surface area (Å²) in [7, 11) is 4.77. The van der Waals surface area contributed by atoms with Gasteiger partial charge in [-0.05, 0) is 74.2 Å². The zero-order valence-electron chi connectivity index (χ0n) is 33.5. The summed E-state index contributed by atoms with van der Waals surface area (Å²) >= 11 is 0. The number of aliphatic hydroxyl groups excluding tert-OH is 1. The Morgan fingerprint density at radius 3 is 2.09 bits per heavy atom. The first kappa shape index (κ1) is 38.5. The number of fused-ring (bicyclic) bond motifs is 4. The maximum absolute atomic E-state index is 15.6. The van der Waals surface area contributed by atoms with Crippen LogP contribution in [0.5, 0.6) is 11.6 Å². The van der Waals surface area contributed by atoms with E-state index < -0.39 is 37.6 Å². The Balaban J connectivity index is 1.43. The zero-order chi connectivity index (χ0) is 39.6. The van der Waals surface area contributed by atoms with E-state index in [1.165, 1.54) is 0 Å². The molecule has 0 amide bonds. The summed E-state index contributed by atoms with van der Waals surface area (Å²) in [5.41, 5.74) is 1.88. The van der Waals surface area contributed by atoms with Gasteiger partial charge in [0.15, 0.2) is 31.2 Å². The van der Waals surface area contributed by atoms with Crippen molar-refractivity contribution in [2.45, 2.75) is 83.5 Å². The van der Waals surface area contributed by atoms with Crippen molar-refractivity contribution in [3.05, 3.63) is 111 Å². The Morgan fingerprint density at radius 1 is 0.927 bits per heavy atom. The third-order valence-corrected chi connectivity index (χ3v) is 16.4. The Labute approximate surface area is 324 Å². The highest BCUT2D eigenvalue weighted by atomic mass is 28.4. The lowest BCUT2D eigenvalue weighted by Gasteiger charge is -2.55. The quantitative estimate of drug-likeness (QED) is 0.158. The van der Waals surface area contributed by atoms with Crippen LogP contribution < -0.4 is 14.4 Å². The van der Waals surface area contributed by atoms with E-state index in [-0.39, 0.29) is 46.8 Å². The second-order valence-electron chi connectivity index (χ2n) is 17.0. The number of allylic oxidation sites excluding steroid dienone is 1. The number of nitrogens with zero attached hydrogens (tertiary/aromatic N) is 4. The number of anilines is 1. The molecule has 2 aromatic heterocycles. The molecule has 0 bridgehead atoms. The van der Waals surface area contributed by atoms with Gasteiger partial charge in [-0.2, -0.15) is 0 Å². The van der Waals surface area contributed by atoms with Gasteiger partial charge < -0.3 is 28.4 Å². The van der Waals surface area contributed by atoms with Crippen molar-refractivity contribution >= 4 is 25.7 Å². The highest BCUT2D eigenvalue weighted by Crippen LogP contribution is 2.60. The summed E-state index contributed by atoms with van der Waals surface area (Å²) in [6.07, 6.45) is 0.758. The summed E-state index contributed by atoms with van der Waals surface area (Å²) in [4.78, 5) is 39.7. The molecule has 11 nitrogen and oxygen atoms in total.